The fourth-order valence-electron chi connectivity index (χ4n) is 3.76. The van der Waals surface area contributed by atoms with Gasteiger partial charge in [-0.05, 0) is 21.6 Å². The van der Waals surface area contributed by atoms with Crippen LogP contribution in [0.1, 0.15) is 17.5 Å². The van der Waals surface area contributed by atoms with Crippen LogP contribution in [0.5, 0.6) is 0 Å². The van der Waals surface area contributed by atoms with Gasteiger partial charge in [0.1, 0.15) is 17.6 Å². The lowest BCUT2D eigenvalue weighted by molar-refractivity contribution is -0.146. The van der Waals surface area contributed by atoms with Gasteiger partial charge in [-0.3, -0.25) is 19.3 Å². The number of nitrogens with two attached hydrogens (primary N) is 1. The van der Waals surface area contributed by atoms with E-state index >= 15 is 0 Å². The quantitative estimate of drug-likeness (QED) is 0.235. The van der Waals surface area contributed by atoms with E-state index in [1.807, 2.05) is 12.1 Å². The average Bonchev–Trinajstić information content (AvgIpc) is 3.23. The summed E-state index contributed by atoms with van der Waals surface area (Å²) in [4.78, 5) is 49.5. The van der Waals surface area contributed by atoms with Crippen LogP contribution in [0.4, 0.5) is 0 Å². The van der Waals surface area contributed by atoms with Crippen molar-refractivity contribution in [2.24, 2.45) is 5.73 Å². The number of amides is 2. The lowest BCUT2D eigenvalue weighted by Gasteiger charge is -2.46. The topological polar surface area (TPSA) is 194 Å². The highest BCUT2D eigenvalue weighted by molar-refractivity contribution is 8.01. The number of thioether (sulfide) groups is 2. The van der Waals surface area contributed by atoms with E-state index < -0.39 is 29.2 Å². The molecule has 1 saturated heterocycles. The van der Waals surface area contributed by atoms with Crippen molar-refractivity contribution in [2.75, 3.05) is 5.75 Å². The summed E-state index contributed by atoms with van der Waals surface area (Å²) in [5.41, 5.74) is 7.46. The second-order valence-electron chi connectivity index (χ2n) is 7.64. The summed E-state index contributed by atoms with van der Waals surface area (Å²) in [6.45, 7) is -0.195. The maximum absolute atomic E-state index is 12.9. The number of aromatic nitrogens is 4. The van der Waals surface area contributed by atoms with Crippen molar-refractivity contribution >= 4 is 47.3 Å². The second-order valence-corrected chi connectivity index (χ2v) is 9.87. The first kappa shape index (κ1) is 24.7. The Kier molecular flexibility index (Phi) is 7.37. The van der Waals surface area contributed by atoms with E-state index in [2.05, 4.69) is 20.8 Å². The largest absolute Gasteiger partial charge is 0.480 e. The molecule has 2 amide bonds. The van der Waals surface area contributed by atoms with E-state index in [0.29, 0.717) is 5.57 Å². The van der Waals surface area contributed by atoms with E-state index in [-0.39, 0.29) is 47.8 Å². The van der Waals surface area contributed by atoms with Crippen molar-refractivity contribution in [1.29, 1.82) is 0 Å². The number of nitrogens with one attached hydrogen (secondary N) is 1. The Bertz CT molecular complexity index is 1220. The number of hydrogen-bond acceptors (Lipinski definition) is 10. The third-order valence-electron chi connectivity index (χ3n) is 5.39. The number of tetrazole rings is 1. The number of aliphatic carboxylic acids is 2. The number of hydrogen-bond donors (Lipinski definition) is 4. The van der Waals surface area contributed by atoms with Crippen LogP contribution < -0.4 is 11.1 Å². The zero-order chi connectivity index (χ0) is 25.1. The van der Waals surface area contributed by atoms with Crippen LogP contribution >= 0.6 is 23.5 Å². The molecule has 0 bridgehead atoms. The number of carboxylic acids is 2. The van der Waals surface area contributed by atoms with Crippen molar-refractivity contribution in [3.63, 3.8) is 0 Å². The summed E-state index contributed by atoms with van der Waals surface area (Å²) in [7, 11) is 0. The van der Waals surface area contributed by atoms with Gasteiger partial charge in [0.2, 0.25) is 17.0 Å². The van der Waals surface area contributed by atoms with Crippen LogP contribution in [-0.4, -0.2) is 75.6 Å². The number of β-lactam (4-membered cyclic amide) rings is 1. The predicted molar refractivity (Wildman–Crippen MR) is 124 cm³/mol. The SMILES string of the molecule is NCc1ccccc1CC(=O)NC1S[C@@H]2CC(=O)N2C(C(=O)O)=C1CSc1nnnn1CC(=O)O. The highest BCUT2D eigenvalue weighted by Crippen LogP contribution is 2.44. The molecule has 0 radical (unpaired) electrons. The Morgan fingerprint density at radius 2 is 1.97 bits per heavy atom. The van der Waals surface area contributed by atoms with Crippen LogP contribution in [0.15, 0.2) is 40.7 Å². The van der Waals surface area contributed by atoms with Gasteiger partial charge in [-0.1, -0.05) is 36.0 Å². The van der Waals surface area contributed by atoms with Gasteiger partial charge in [-0.2, -0.15) is 0 Å². The van der Waals surface area contributed by atoms with E-state index in [9.17, 15) is 24.3 Å². The molecule has 1 aromatic heterocycles. The van der Waals surface area contributed by atoms with E-state index in [0.717, 1.165) is 27.6 Å². The minimum Gasteiger partial charge on any atom is -0.480 e. The Morgan fingerprint density at radius 3 is 2.63 bits per heavy atom. The van der Waals surface area contributed by atoms with E-state index in [1.165, 1.54) is 16.7 Å². The lowest BCUT2D eigenvalue weighted by atomic mass is 10.0. The van der Waals surface area contributed by atoms with E-state index in [4.69, 9.17) is 10.8 Å². The first-order valence-electron chi connectivity index (χ1n) is 10.4. The Morgan fingerprint density at radius 1 is 1.23 bits per heavy atom. The molecule has 0 saturated carbocycles. The number of fused-ring (bicyclic) bond motifs is 1. The van der Waals surface area contributed by atoms with Crippen LogP contribution in [0, 0.1) is 0 Å². The minimum absolute atomic E-state index is 0.00938. The minimum atomic E-state index is -1.29. The van der Waals surface area contributed by atoms with Crippen LogP contribution in [0.2, 0.25) is 0 Å². The fraction of sp³-hybridized carbons (Fsp3) is 0.350. The number of rotatable bonds is 10. The van der Waals surface area contributed by atoms with Gasteiger partial charge in [-0.25, -0.2) is 9.48 Å². The van der Waals surface area contributed by atoms with Crippen molar-refractivity contribution in [2.45, 2.75) is 41.8 Å². The monoisotopic (exact) mass is 519 g/mol. The predicted octanol–water partition coefficient (Wildman–Crippen LogP) is -0.363. The van der Waals surface area contributed by atoms with Crippen molar-refractivity contribution in [3.8, 4) is 0 Å². The Hall–Kier alpha value is -3.43. The summed E-state index contributed by atoms with van der Waals surface area (Å²) in [5, 5.41) is 31.8. The maximum atomic E-state index is 12.9. The summed E-state index contributed by atoms with van der Waals surface area (Å²) < 4.78 is 1.07. The van der Waals surface area contributed by atoms with Crippen LogP contribution in [0.25, 0.3) is 0 Å². The second kappa shape index (κ2) is 10.5. The van der Waals surface area contributed by atoms with Gasteiger partial charge in [0, 0.05) is 17.9 Å². The molecule has 35 heavy (non-hydrogen) atoms. The number of carbonyl (C=O) groups excluding carboxylic acids is 2. The Balaban J connectivity index is 1.58. The summed E-state index contributed by atoms with van der Waals surface area (Å²) in [6, 6.07) is 7.28. The third-order valence-corrected chi connectivity index (χ3v) is 7.76. The zero-order valence-corrected chi connectivity index (χ0v) is 19.8. The standard InChI is InChI=1S/C20H21N7O6S2/c21-7-11-4-2-1-3-10(11)5-13(28)22-18-12(9-34-20-23-24-25-26(20)8-16(30)31)17(19(32)33)27-14(29)6-15(27)35-18/h1-4,15,18H,5-9,21H2,(H,22,28)(H,30,31)(H,32,33)/t15-,18?/m1/s1. The number of benzene rings is 1. The van der Waals surface area contributed by atoms with Crippen molar-refractivity contribution < 1.29 is 29.4 Å². The molecule has 5 N–H and O–H groups in total. The number of nitrogens with zero attached hydrogens (tertiary/aromatic N) is 5. The molecule has 2 aliphatic heterocycles. The molecule has 1 aromatic carbocycles. The molecule has 0 aliphatic carbocycles. The first-order valence-corrected chi connectivity index (χ1v) is 12.3. The van der Waals surface area contributed by atoms with Crippen LogP contribution in [-0.2, 0) is 38.7 Å². The zero-order valence-electron chi connectivity index (χ0n) is 18.2. The first-order chi connectivity index (χ1) is 16.8. The maximum Gasteiger partial charge on any atom is 0.352 e. The van der Waals surface area contributed by atoms with Gasteiger partial charge in [0.15, 0.2) is 0 Å². The molecule has 15 heteroatoms. The molecule has 2 atom stereocenters. The third kappa shape index (κ3) is 5.31. The molecule has 0 spiro atoms. The summed E-state index contributed by atoms with van der Waals surface area (Å²) in [5.74, 6) is -3.08. The lowest BCUT2D eigenvalue weighted by Crippen LogP contribution is -2.57. The van der Waals surface area contributed by atoms with E-state index in [1.54, 1.807) is 12.1 Å². The van der Waals surface area contributed by atoms with Crippen molar-refractivity contribution in [1.82, 2.24) is 30.4 Å². The van der Waals surface area contributed by atoms with Gasteiger partial charge in [-0.15, -0.1) is 16.9 Å². The van der Waals surface area contributed by atoms with Gasteiger partial charge in [0.25, 0.3) is 0 Å². The molecule has 184 valence electrons. The molecular formula is C20H21N7O6S2. The summed E-state index contributed by atoms with van der Waals surface area (Å²) >= 11 is 2.29. The molecule has 13 nitrogen and oxygen atoms in total. The van der Waals surface area contributed by atoms with Crippen molar-refractivity contribution in [3.05, 3.63) is 46.7 Å². The average molecular weight is 520 g/mol. The molecule has 2 aromatic rings. The van der Waals surface area contributed by atoms with Gasteiger partial charge < -0.3 is 21.3 Å². The summed E-state index contributed by atoms with van der Waals surface area (Å²) in [6.07, 6.45) is 0.221. The molecule has 1 fully saturated rings. The van der Waals surface area contributed by atoms with Gasteiger partial charge in [0.05, 0.1) is 18.2 Å². The number of carbonyl (C=O) groups is 4. The molecule has 1 unspecified atom stereocenters. The fourth-order valence-corrected chi connectivity index (χ4v) is 6.25. The highest BCUT2D eigenvalue weighted by atomic mass is 32.2. The normalized spacial score (nSPS) is 19.2. The number of carboxylic acid groups (broad SMARTS) is 2. The molecular weight excluding hydrogens is 498 g/mol. The molecule has 3 heterocycles. The Labute approximate surface area is 207 Å². The molecule has 4 rings (SSSR count). The van der Waals surface area contributed by atoms with Crippen LogP contribution in [0.3, 0.4) is 0 Å². The molecule has 2 aliphatic rings. The van der Waals surface area contributed by atoms with Gasteiger partial charge >= 0.3 is 11.9 Å². The smallest absolute Gasteiger partial charge is 0.352 e. The highest BCUT2D eigenvalue weighted by Gasteiger charge is 2.48.